The molecule has 1 aromatic heterocycles. The maximum Gasteiger partial charge on any atom is 0.255 e. The summed E-state index contributed by atoms with van der Waals surface area (Å²) in [5, 5.41) is 12.5. The molecule has 0 spiro atoms. The zero-order valence-electron chi connectivity index (χ0n) is 9.56. The van der Waals surface area contributed by atoms with Crippen LogP contribution < -0.4 is 5.73 Å². The SMILES string of the molecule is N/C(=N/O)C(CSc1ncco1)c1ccccc1. The van der Waals surface area contributed by atoms with Crippen LogP contribution in [0.5, 0.6) is 0 Å². The molecule has 1 unspecified atom stereocenters. The number of rotatable bonds is 5. The Labute approximate surface area is 109 Å². The fraction of sp³-hybridized carbons (Fsp3) is 0.167. The molecular weight excluding hydrogens is 250 g/mol. The van der Waals surface area contributed by atoms with E-state index in [-0.39, 0.29) is 11.8 Å². The van der Waals surface area contributed by atoms with Crippen molar-refractivity contribution in [2.24, 2.45) is 10.9 Å². The summed E-state index contributed by atoms with van der Waals surface area (Å²) in [6.07, 6.45) is 3.10. The molecule has 0 fully saturated rings. The minimum Gasteiger partial charge on any atom is -0.440 e. The predicted octanol–water partition coefficient (Wildman–Crippen LogP) is 2.30. The Morgan fingerprint density at radius 3 is 2.83 bits per heavy atom. The first kappa shape index (κ1) is 12.5. The molecule has 0 aliphatic carbocycles. The largest absolute Gasteiger partial charge is 0.440 e. The van der Waals surface area contributed by atoms with Crippen LogP contribution in [0.2, 0.25) is 0 Å². The first-order chi connectivity index (χ1) is 8.81. The van der Waals surface area contributed by atoms with Gasteiger partial charge in [0, 0.05) is 5.75 Å². The minimum atomic E-state index is -0.173. The van der Waals surface area contributed by atoms with Gasteiger partial charge in [0.05, 0.1) is 12.1 Å². The van der Waals surface area contributed by atoms with E-state index in [1.54, 1.807) is 6.20 Å². The molecule has 3 N–H and O–H groups in total. The lowest BCUT2D eigenvalue weighted by molar-refractivity contribution is 0.316. The van der Waals surface area contributed by atoms with Gasteiger partial charge in [-0.25, -0.2) is 4.98 Å². The smallest absolute Gasteiger partial charge is 0.255 e. The van der Waals surface area contributed by atoms with Gasteiger partial charge in [-0.1, -0.05) is 47.2 Å². The first-order valence-corrected chi connectivity index (χ1v) is 6.34. The van der Waals surface area contributed by atoms with E-state index in [0.717, 1.165) is 5.56 Å². The highest BCUT2D eigenvalue weighted by Crippen LogP contribution is 2.25. The summed E-state index contributed by atoms with van der Waals surface area (Å²) in [5.41, 5.74) is 6.72. The van der Waals surface area contributed by atoms with Gasteiger partial charge in [0.25, 0.3) is 5.22 Å². The van der Waals surface area contributed by atoms with Gasteiger partial charge >= 0.3 is 0 Å². The number of oxazole rings is 1. The molecule has 94 valence electrons. The topological polar surface area (TPSA) is 84.6 Å². The van der Waals surface area contributed by atoms with Crippen LogP contribution in [0.4, 0.5) is 0 Å². The molecule has 2 rings (SSSR count). The number of thioether (sulfide) groups is 1. The fourth-order valence-electron chi connectivity index (χ4n) is 1.54. The molecule has 0 aliphatic rings. The molecule has 0 aliphatic heterocycles. The number of aromatic nitrogens is 1. The van der Waals surface area contributed by atoms with Crippen LogP contribution in [0.3, 0.4) is 0 Å². The molecule has 0 radical (unpaired) electrons. The third-order valence-electron chi connectivity index (χ3n) is 2.46. The lowest BCUT2D eigenvalue weighted by Crippen LogP contribution is -2.23. The molecule has 18 heavy (non-hydrogen) atoms. The molecule has 0 saturated carbocycles. The van der Waals surface area contributed by atoms with Crippen molar-refractivity contribution in [3.05, 3.63) is 48.4 Å². The number of oxime groups is 1. The molecule has 5 nitrogen and oxygen atoms in total. The van der Waals surface area contributed by atoms with E-state index in [1.165, 1.54) is 18.0 Å². The Hall–Kier alpha value is -1.95. The van der Waals surface area contributed by atoms with E-state index in [1.807, 2.05) is 30.3 Å². The van der Waals surface area contributed by atoms with Crippen molar-refractivity contribution in [3.8, 4) is 0 Å². The molecule has 1 atom stereocenters. The summed E-state index contributed by atoms with van der Waals surface area (Å²) in [6, 6.07) is 9.65. The minimum absolute atomic E-state index is 0.173. The Morgan fingerprint density at radius 1 is 1.44 bits per heavy atom. The number of hydrogen-bond acceptors (Lipinski definition) is 5. The maximum absolute atomic E-state index is 8.84. The predicted molar refractivity (Wildman–Crippen MR) is 69.8 cm³/mol. The normalized spacial score (nSPS) is 13.4. The van der Waals surface area contributed by atoms with Crippen molar-refractivity contribution in [2.45, 2.75) is 11.1 Å². The highest BCUT2D eigenvalue weighted by atomic mass is 32.2. The third-order valence-corrected chi connectivity index (χ3v) is 3.41. The van der Waals surface area contributed by atoms with Crippen LogP contribution in [0.15, 0.2) is 57.6 Å². The van der Waals surface area contributed by atoms with E-state index in [2.05, 4.69) is 10.1 Å². The lowest BCUT2D eigenvalue weighted by atomic mass is 10.0. The molecule has 1 heterocycles. The summed E-state index contributed by atoms with van der Waals surface area (Å²) in [6.45, 7) is 0. The zero-order chi connectivity index (χ0) is 12.8. The second-order valence-corrected chi connectivity index (χ2v) is 4.57. The lowest BCUT2D eigenvalue weighted by Gasteiger charge is -2.14. The summed E-state index contributed by atoms with van der Waals surface area (Å²) >= 11 is 1.42. The van der Waals surface area contributed by atoms with Gasteiger partial charge in [-0.2, -0.15) is 0 Å². The number of nitrogens with zero attached hydrogens (tertiary/aromatic N) is 2. The van der Waals surface area contributed by atoms with Crippen LogP contribution >= 0.6 is 11.8 Å². The van der Waals surface area contributed by atoms with Crippen molar-refractivity contribution < 1.29 is 9.62 Å². The third kappa shape index (κ3) is 3.04. The second kappa shape index (κ2) is 6.11. The quantitative estimate of drug-likeness (QED) is 0.284. The van der Waals surface area contributed by atoms with Crippen LogP contribution in [0.25, 0.3) is 0 Å². The summed E-state index contributed by atoms with van der Waals surface area (Å²) in [7, 11) is 0. The molecule has 1 aromatic carbocycles. The summed E-state index contributed by atoms with van der Waals surface area (Å²) in [4.78, 5) is 4.02. The number of benzene rings is 1. The summed E-state index contributed by atoms with van der Waals surface area (Å²) < 4.78 is 5.14. The van der Waals surface area contributed by atoms with E-state index >= 15 is 0 Å². The van der Waals surface area contributed by atoms with E-state index in [0.29, 0.717) is 11.0 Å². The van der Waals surface area contributed by atoms with Crippen LogP contribution in [0, 0.1) is 0 Å². The van der Waals surface area contributed by atoms with Gasteiger partial charge < -0.3 is 15.4 Å². The highest BCUT2D eigenvalue weighted by molar-refractivity contribution is 7.99. The van der Waals surface area contributed by atoms with Gasteiger partial charge in [-0.3, -0.25) is 0 Å². The number of nitrogens with two attached hydrogens (primary N) is 1. The zero-order valence-corrected chi connectivity index (χ0v) is 10.4. The molecular formula is C12H13N3O2S. The maximum atomic E-state index is 8.84. The van der Waals surface area contributed by atoms with Crippen LogP contribution in [-0.4, -0.2) is 21.8 Å². The monoisotopic (exact) mass is 263 g/mol. The Balaban J connectivity index is 2.11. The van der Waals surface area contributed by atoms with E-state index < -0.39 is 0 Å². The van der Waals surface area contributed by atoms with Crippen molar-refractivity contribution in [3.63, 3.8) is 0 Å². The fourth-order valence-corrected chi connectivity index (χ4v) is 2.48. The number of hydrogen-bond donors (Lipinski definition) is 2. The van der Waals surface area contributed by atoms with Gasteiger partial charge in [-0.05, 0) is 5.56 Å². The molecule has 0 bridgehead atoms. The van der Waals surface area contributed by atoms with E-state index in [4.69, 9.17) is 15.4 Å². The van der Waals surface area contributed by atoms with Gasteiger partial charge in [0.15, 0.2) is 0 Å². The Bertz CT molecular complexity index is 499. The van der Waals surface area contributed by atoms with E-state index in [9.17, 15) is 0 Å². The molecule has 0 saturated heterocycles. The van der Waals surface area contributed by atoms with Gasteiger partial charge in [-0.15, -0.1) is 0 Å². The first-order valence-electron chi connectivity index (χ1n) is 5.36. The molecule has 2 aromatic rings. The number of amidine groups is 1. The van der Waals surface area contributed by atoms with Crippen molar-refractivity contribution in [1.82, 2.24) is 4.98 Å². The van der Waals surface area contributed by atoms with Crippen LogP contribution in [-0.2, 0) is 0 Å². The Morgan fingerprint density at radius 2 is 2.22 bits per heavy atom. The average molecular weight is 263 g/mol. The van der Waals surface area contributed by atoms with Crippen molar-refractivity contribution >= 4 is 17.6 Å². The van der Waals surface area contributed by atoms with Crippen LogP contribution in [0.1, 0.15) is 11.5 Å². The summed E-state index contributed by atoms with van der Waals surface area (Å²) in [5.74, 6) is 0.605. The average Bonchev–Trinajstić information content (AvgIpc) is 2.93. The standard InChI is InChI=1S/C12H13N3O2S/c13-11(15-16)10(9-4-2-1-3-5-9)8-18-12-14-6-7-17-12/h1-7,10,16H,8H2,(H2,13,15). The van der Waals surface area contributed by atoms with Crippen molar-refractivity contribution in [1.29, 1.82) is 0 Å². The molecule has 6 heteroatoms. The van der Waals surface area contributed by atoms with Crippen molar-refractivity contribution in [2.75, 3.05) is 5.75 Å². The second-order valence-electron chi connectivity index (χ2n) is 3.60. The molecule has 0 amide bonds. The highest BCUT2D eigenvalue weighted by Gasteiger charge is 2.17. The van der Waals surface area contributed by atoms with Gasteiger partial charge in [0.1, 0.15) is 12.1 Å². The Kier molecular flexibility index (Phi) is 4.25. The van der Waals surface area contributed by atoms with Gasteiger partial charge in [0.2, 0.25) is 0 Å².